The number of aryl methyl sites for hydroxylation is 1. The van der Waals surface area contributed by atoms with Crippen LogP contribution in [0.25, 0.3) is 33.3 Å². The number of esters is 1. The summed E-state index contributed by atoms with van der Waals surface area (Å²) in [6.45, 7) is 17.2. The topological polar surface area (TPSA) is 158 Å². The number of phenols is 1. The number of fused-ring (bicyclic) bond motifs is 6. The summed E-state index contributed by atoms with van der Waals surface area (Å²) >= 11 is 0. The van der Waals surface area contributed by atoms with E-state index < -0.39 is 47.4 Å². The summed E-state index contributed by atoms with van der Waals surface area (Å²) in [5.41, 5.74) is 10.2. The first-order valence-corrected chi connectivity index (χ1v) is 21.4. The van der Waals surface area contributed by atoms with Gasteiger partial charge in [0.05, 0.1) is 24.0 Å². The number of hydrogen-bond donors (Lipinski definition) is 4. The summed E-state index contributed by atoms with van der Waals surface area (Å²) in [5, 5.41) is 19.6. The third kappa shape index (κ3) is 9.22. The summed E-state index contributed by atoms with van der Waals surface area (Å²) in [7, 11) is 3.28. The molecule has 0 saturated carbocycles. The van der Waals surface area contributed by atoms with Crippen molar-refractivity contribution in [1.82, 2.24) is 35.5 Å². The Hall–Kier alpha value is -5.27. The van der Waals surface area contributed by atoms with Crippen LogP contribution >= 0.6 is 0 Å². The molecule has 4 heterocycles. The zero-order chi connectivity index (χ0) is 43.6. The molecule has 0 spiro atoms. The lowest BCUT2D eigenvalue weighted by Gasteiger charge is -2.37. The number of aromatic hydroxyl groups is 1. The minimum Gasteiger partial charge on any atom is -0.508 e. The van der Waals surface area contributed by atoms with Crippen LogP contribution in [-0.4, -0.2) is 99.7 Å². The third-order valence-electron chi connectivity index (χ3n) is 12.0. The van der Waals surface area contributed by atoms with Gasteiger partial charge in [-0.1, -0.05) is 53.7 Å². The van der Waals surface area contributed by atoms with Gasteiger partial charge in [-0.25, -0.2) is 5.43 Å². The largest absolute Gasteiger partial charge is 0.508 e. The standard InChI is InChI=1S/C47H63N7O6/c1-11-53-39-17-16-31-24-35(39)36(42(53)34-14-12-18-49-40(34)27(2)3)25-47(7,8)26-60-46(59)37-15-13-19-54(51-37)45(58)38(22-30-20-32(31)23-33(55)21-30)50-43(56)41(28(4)5)52(10)44(57)29(6)48-9/h12,14,16-18,20-21,23-24,27-29,37-38,41,48,51,55H,11,13,15,19,22,25-26H2,1-10H3,(H,50,56)/t29-,37-,38-,41-/m0/s1. The van der Waals surface area contributed by atoms with Crippen molar-refractivity contribution in [3.8, 4) is 28.1 Å². The Morgan fingerprint density at radius 3 is 2.50 bits per heavy atom. The number of nitrogens with one attached hydrogen (secondary N) is 3. The zero-order valence-electron chi connectivity index (χ0n) is 36.9. The summed E-state index contributed by atoms with van der Waals surface area (Å²) in [5.74, 6) is -1.72. The van der Waals surface area contributed by atoms with Gasteiger partial charge in [-0.3, -0.25) is 29.2 Å². The maximum absolute atomic E-state index is 14.6. The summed E-state index contributed by atoms with van der Waals surface area (Å²) in [6, 6.07) is 12.4. The van der Waals surface area contributed by atoms with Crippen molar-refractivity contribution in [2.45, 2.75) is 118 Å². The Morgan fingerprint density at radius 1 is 1.07 bits per heavy atom. The number of ether oxygens (including phenoxy) is 1. The zero-order valence-corrected chi connectivity index (χ0v) is 36.9. The number of aromatic nitrogens is 2. The predicted molar refractivity (Wildman–Crippen MR) is 234 cm³/mol. The molecule has 6 bridgehead atoms. The van der Waals surface area contributed by atoms with Gasteiger partial charge in [0, 0.05) is 54.6 Å². The Labute approximate surface area is 354 Å². The van der Waals surface area contributed by atoms with Crippen LogP contribution in [0.2, 0.25) is 0 Å². The first-order chi connectivity index (χ1) is 28.4. The predicted octanol–water partition coefficient (Wildman–Crippen LogP) is 5.96. The van der Waals surface area contributed by atoms with E-state index in [1.807, 2.05) is 38.2 Å². The number of amides is 3. The molecule has 2 aromatic carbocycles. The molecular weight excluding hydrogens is 759 g/mol. The second-order valence-corrected chi connectivity index (χ2v) is 18.0. The SMILES string of the molecule is CCn1c(-c2cccnc2C(C)C)c2c3cc(ccc31)-c1cc(O)cc(c1)C[C@H](NC(=O)[C@H](C(C)C)N(C)C(=O)[C@H](C)NC)C(=O)N1CCC[C@H](N1)C(=O)OCC(C)(C)C2. The molecule has 0 unspecified atom stereocenters. The first-order valence-electron chi connectivity index (χ1n) is 21.4. The van der Waals surface area contributed by atoms with E-state index in [2.05, 4.69) is 73.4 Å². The number of likely N-dealkylation sites (N-methyl/N-ethyl adjacent to an activating group) is 2. The second-order valence-electron chi connectivity index (χ2n) is 18.0. The number of carbonyl (C=O) groups is 4. The minimum absolute atomic E-state index is 0.0185. The molecule has 2 aliphatic rings. The average molecular weight is 822 g/mol. The van der Waals surface area contributed by atoms with Gasteiger partial charge in [-0.15, -0.1) is 0 Å². The highest BCUT2D eigenvalue weighted by Gasteiger charge is 2.38. The molecule has 13 heteroatoms. The summed E-state index contributed by atoms with van der Waals surface area (Å²) in [6.07, 6.45) is 3.47. The van der Waals surface area contributed by atoms with Gasteiger partial charge in [0.1, 0.15) is 23.9 Å². The van der Waals surface area contributed by atoms with E-state index in [1.54, 1.807) is 33.2 Å². The third-order valence-corrected chi connectivity index (χ3v) is 12.0. The minimum atomic E-state index is -1.11. The van der Waals surface area contributed by atoms with E-state index in [9.17, 15) is 24.3 Å². The number of pyridine rings is 1. The lowest BCUT2D eigenvalue weighted by atomic mass is 9.83. The molecular formula is C47H63N7O6. The van der Waals surface area contributed by atoms with Crippen LogP contribution in [0.15, 0.2) is 54.7 Å². The van der Waals surface area contributed by atoms with Crippen LogP contribution in [0.1, 0.15) is 91.0 Å². The van der Waals surface area contributed by atoms with E-state index in [-0.39, 0.29) is 36.5 Å². The Kier molecular flexibility index (Phi) is 13.4. The van der Waals surface area contributed by atoms with Crippen molar-refractivity contribution >= 4 is 34.6 Å². The second kappa shape index (κ2) is 18.1. The highest BCUT2D eigenvalue weighted by molar-refractivity contribution is 5.96. The number of nitrogens with zero attached hydrogens (tertiary/aromatic N) is 4. The van der Waals surface area contributed by atoms with E-state index in [0.29, 0.717) is 37.9 Å². The fourth-order valence-electron chi connectivity index (χ4n) is 8.84. The van der Waals surface area contributed by atoms with Crippen LogP contribution in [0.4, 0.5) is 0 Å². The Bertz CT molecular complexity index is 2250. The van der Waals surface area contributed by atoms with Crippen LogP contribution in [0.3, 0.4) is 0 Å². The van der Waals surface area contributed by atoms with Gasteiger partial charge in [0.15, 0.2) is 0 Å². The molecule has 3 amide bonds. The van der Waals surface area contributed by atoms with Gasteiger partial charge >= 0.3 is 5.97 Å². The molecule has 2 aliphatic heterocycles. The van der Waals surface area contributed by atoms with Gasteiger partial charge in [-0.05, 0) is 111 Å². The normalized spacial score (nSPS) is 19.5. The summed E-state index contributed by atoms with van der Waals surface area (Å²) in [4.78, 5) is 62.1. The fraction of sp³-hybridized carbons (Fsp3) is 0.511. The quantitative estimate of drug-likeness (QED) is 0.150. The van der Waals surface area contributed by atoms with Gasteiger partial charge in [0.2, 0.25) is 11.8 Å². The van der Waals surface area contributed by atoms with Crippen molar-refractivity contribution in [1.29, 1.82) is 0 Å². The van der Waals surface area contributed by atoms with Crippen molar-refractivity contribution in [2.75, 3.05) is 27.2 Å². The lowest BCUT2D eigenvalue weighted by molar-refractivity contribution is -0.155. The van der Waals surface area contributed by atoms with Crippen LogP contribution < -0.4 is 16.1 Å². The molecule has 13 nitrogen and oxygen atoms in total. The van der Waals surface area contributed by atoms with Crippen molar-refractivity contribution < 1.29 is 29.0 Å². The molecule has 6 rings (SSSR count). The van der Waals surface area contributed by atoms with E-state index >= 15 is 0 Å². The molecule has 60 heavy (non-hydrogen) atoms. The number of hydrogen-bond acceptors (Lipinski definition) is 9. The van der Waals surface area contributed by atoms with Crippen LogP contribution in [0, 0.1) is 11.3 Å². The number of carbonyl (C=O) groups excluding carboxylic acids is 4. The molecule has 2 aromatic heterocycles. The highest BCUT2D eigenvalue weighted by Crippen LogP contribution is 2.42. The first kappa shape index (κ1) is 44.3. The molecule has 322 valence electrons. The maximum atomic E-state index is 14.6. The van der Waals surface area contributed by atoms with Gasteiger partial charge in [0.25, 0.3) is 5.91 Å². The monoisotopic (exact) mass is 821 g/mol. The number of cyclic esters (lactones) is 1. The van der Waals surface area contributed by atoms with Crippen LogP contribution in [-0.2, 0) is 43.3 Å². The molecule has 4 N–H and O–H groups in total. The van der Waals surface area contributed by atoms with E-state index in [1.165, 1.54) is 9.91 Å². The van der Waals surface area contributed by atoms with Crippen LogP contribution in [0.5, 0.6) is 5.75 Å². The number of benzene rings is 2. The molecule has 0 aliphatic carbocycles. The number of hydrazine groups is 1. The fourth-order valence-corrected chi connectivity index (χ4v) is 8.84. The van der Waals surface area contributed by atoms with Gasteiger partial charge < -0.3 is 29.9 Å². The Balaban J connectivity index is 1.50. The molecule has 1 fully saturated rings. The molecule has 4 aromatic rings. The van der Waals surface area contributed by atoms with E-state index in [4.69, 9.17) is 9.72 Å². The summed E-state index contributed by atoms with van der Waals surface area (Å²) < 4.78 is 8.43. The highest BCUT2D eigenvalue weighted by atomic mass is 16.5. The smallest absolute Gasteiger partial charge is 0.324 e. The average Bonchev–Trinajstić information content (AvgIpc) is 3.52. The number of rotatable bonds is 9. The Morgan fingerprint density at radius 2 is 1.82 bits per heavy atom. The van der Waals surface area contributed by atoms with E-state index in [0.717, 1.165) is 44.5 Å². The molecule has 1 saturated heterocycles. The molecule has 0 radical (unpaired) electrons. The van der Waals surface area contributed by atoms with Crippen molar-refractivity contribution in [3.63, 3.8) is 0 Å². The van der Waals surface area contributed by atoms with Crippen molar-refractivity contribution in [3.05, 3.63) is 71.5 Å². The molecule has 4 atom stereocenters. The number of phenolic OH excluding ortho intramolecular Hbond substituents is 1. The lowest BCUT2D eigenvalue weighted by Crippen LogP contribution is -2.62. The maximum Gasteiger partial charge on any atom is 0.324 e. The van der Waals surface area contributed by atoms with Crippen molar-refractivity contribution in [2.24, 2.45) is 11.3 Å². The van der Waals surface area contributed by atoms with Gasteiger partial charge in [-0.2, -0.15) is 0 Å².